The number of halogens is 2. The molecule has 0 spiro atoms. The van der Waals surface area contributed by atoms with Crippen molar-refractivity contribution in [1.82, 2.24) is 14.5 Å². The lowest BCUT2D eigenvalue weighted by molar-refractivity contribution is 0.510. The van der Waals surface area contributed by atoms with Gasteiger partial charge in [0.2, 0.25) is 0 Å². The van der Waals surface area contributed by atoms with Crippen molar-refractivity contribution in [1.29, 1.82) is 0 Å². The summed E-state index contributed by atoms with van der Waals surface area (Å²) in [4.78, 5) is 8.76. The van der Waals surface area contributed by atoms with Crippen molar-refractivity contribution in [3.8, 4) is 33.9 Å². The molecule has 0 fully saturated rings. The number of aromatic nitrogens is 3. The second-order valence-electron chi connectivity index (χ2n) is 7.60. The first-order valence-electron chi connectivity index (χ1n) is 10.0. The lowest BCUT2D eigenvalue weighted by Gasteiger charge is -2.09. The Hall–Kier alpha value is -3.86. The Morgan fingerprint density at radius 2 is 1.45 bits per heavy atom. The third-order valence-electron chi connectivity index (χ3n) is 5.32. The van der Waals surface area contributed by atoms with E-state index in [4.69, 9.17) is 0 Å². The van der Waals surface area contributed by atoms with Gasteiger partial charge in [0, 0.05) is 18.9 Å². The van der Waals surface area contributed by atoms with E-state index in [1.54, 1.807) is 0 Å². The first kappa shape index (κ1) is 19.1. The minimum atomic E-state index is -0.931. The third-order valence-corrected chi connectivity index (χ3v) is 5.32. The summed E-state index contributed by atoms with van der Waals surface area (Å²) in [6, 6.07) is 22.8. The molecular formula is C26H19F2N3. The smallest absolute Gasteiger partial charge is 0.169 e. The zero-order valence-electron chi connectivity index (χ0n) is 16.9. The van der Waals surface area contributed by atoms with E-state index in [1.807, 2.05) is 23.0 Å². The van der Waals surface area contributed by atoms with Gasteiger partial charge in [-0.1, -0.05) is 60.2 Å². The highest BCUT2D eigenvalue weighted by Gasteiger charge is 2.17. The van der Waals surface area contributed by atoms with Gasteiger partial charge in [0.25, 0.3) is 0 Å². The van der Waals surface area contributed by atoms with Gasteiger partial charge in [-0.3, -0.25) is 0 Å². The van der Waals surface area contributed by atoms with Crippen LogP contribution in [0, 0.1) is 18.6 Å². The number of pyridine rings is 1. The van der Waals surface area contributed by atoms with Gasteiger partial charge in [0.15, 0.2) is 17.5 Å². The van der Waals surface area contributed by atoms with E-state index in [1.165, 1.54) is 28.8 Å². The Morgan fingerprint density at radius 3 is 2.19 bits per heavy atom. The van der Waals surface area contributed by atoms with Crippen LogP contribution in [-0.2, 0) is 6.54 Å². The molecule has 3 nitrogen and oxygen atoms in total. The molecule has 0 amide bonds. The molecule has 5 rings (SSSR count). The molecule has 0 aliphatic carbocycles. The van der Waals surface area contributed by atoms with Gasteiger partial charge in [-0.05, 0) is 41.8 Å². The molecule has 0 bridgehead atoms. The summed E-state index contributed by atoms with van der Waals surface area (Å²) in [5, 5.41) is 0. The van der Waals surface area contributed by atoms with E-state index in [-0.39, 0.29) is 11.4 Å². The molecule has 0 N–H and O–H groups in total. The predicted molar refractivity (Wildman–Crippen MR) is 118 cm³/mol. The van der Waals surface area contributed by atoms with E-state index in [2.05, 4.69) is 65.4 Å². The summed E-state index contributed by atoms with van der Waals surface area (Å²) in [6.07, 6.45) is 3.79. The van der Waals surface area contributed by atoms with E-state index in [9.17, 15) is 8.78 Å². The van der Waals surface area contributed by atoms with Gasteiger partial charge in [0.1, 0.15) is 5.69 Å². The van der Waals surface area contributed by atoms with Crippen LogP contribution in [0.25, 0.3) is 33.9 Å². The maximum absolute atomic E-state index is 14.1. The van der Waals surface area contributed by atoms with Gasteiger partial charge in [0.05, 0.1) is 11.3 Å². The first-order valence-corrected chi connectivity index (χ1v) is 10.0. The van der Waals surface area contributed by atoms with Crippen LogP contribution in [0.5, 0.6) is 0 Å². The molecule has 2 aliphatic heterocycles. The maximum Gasteiger partial charge on any atom is 0.169 e. The van der Waals surface area contributed by atoms with E-state index in [0.29, 0.717) is 17.9 Å². The van der Waals surface area contributed by atoms with Crippen molar-refractivity contribution >= 4 is 0 Å². The SMILES string of the molecule is Cc1ccc(-c2ccc(Cn3ccc4nc(-c5cccc(F)c5F)nc-4c3)cc2)cc1. The molecule has 0 saturated carbocycles. The van der Waals surface area contributed by atoms with Crippen molar-refractivity contribution in [3.63, 3.8) is 0 Å². The Kier molecular flexibility index (Phi) is 4.79. The molecular weight excluding hydrogens is 392 g/mol. The number of nitrogens with zero attached hydrogens (tertiary/aromatic N) is 3. The lowest BCUT2D eigenvalue weighted by Crippen LogP contribution is -2.00. The highest BCUT2D eigenvalue weighted by Crippen LogP contribution is 2.27. The second kappa shape index (κ2) is 7.76. The van der Waals surface area contributed by atoms with Gasteiger partial charge < -0.3 is 4.57 Å². The summed E-state index contributed by atoms with van der Waals surface area (Å²) in [5.41, 5.74) is 6.10. The van der Waals surface area contributed by atoms with Gasteiger partial charge in [-0.25, -0.2) is 18.7 Å². The number of hydrogen-bond donors (Lipinski definition) is 0. The Morgan fingerprint density at radius 1 is 0.774 bits per heavy atom. The largest absolute Gasteiger partial charge is 0.348 e. The second-order valence-corrected chi connectivity index (χ2v) is 7.60. The van der Waals surface area contributed by atoms with E-state index < -0.39 is 11.6 Å². The molecule has 3 aromatic rings. The normalized spacial score (nSPS) is 11.2. The van der Waals surface area contributed by atoms with Crippen LogP contribution in [0.15, 0.2) is 85.2 Å². The fourth-order valence-electron chi connectivity index (χ4n) is 3.61. The van der Waals surface area contributed by atoms with Crippen LogP contribution in [0.2, 0.25) is 0 Å². The fourth-order valence-corrected chi connectivity index (χ4v) is 3.61. The van der Waals surface area contributed by atoms with Crippen molar-refractivity contribution in [2.24, 2.45) is 0 Å². The van der Waals surface area contributed by atoms with Gasteiger partial charge in [-0.2, -0.15) is 0 Å². The third kappa shape index (κ3) is 3.82. The molecule has 2 heterocycles. The van der Waals surface area contributed by atoms with E-state index in [0.717, 1.165) is 11.6 Å². The zero-order valence-corrected chi connectivity index (χ0v) is 16.9. The van der Waals surface area contributed by atoms with Crippen molar-refractivity contribution in [3.05, 3.63) is 108 Å². The number of hydrogen-bond acceptors (Lipinski definition) is 2. The number of imidazole rings is 1. The topological polar surface area (TPSA) is 30.7 Å². The summed E-state index contributed by atoms with van der Waals surface area (Å²) in [6.45, 7) is 2.75. The highest BCUT2D eigenvalue weighted by atomic mass is 19.2. The molecule has 31 heavy (non-hydrogen) atoms. The predicted octanol–water partition coefficient (Wildman–Crippen LogP) is 6.35. The quantitative estimate of drug-likeness (QED) is 0.345. The van der Waals surface area contributed by atoms with Crippen LogP contribution in [-0.4, -0.2) is 14.5 Å². The fraction of sp³-hybridized carbons (Fsp3) is 0.0769. The molecule has 5 heteroatoms. The van der Waals surface area contributed by atoms with Crippen LogP contribution in [0.4, 0.5) is 8.78 Å². The van der Waals surface area contributed by atoms with E-state index >= 15 is 0 Å². The van der Waals surface area contributed by atoms with Crippen molar-refractivity contribution in [2.45, 2.75) is 13.5 Å². The molecule has 152 valence electrons. The van der Waals surface area contributed by atoms with Gasteiger partial charge >= 0.3 is 0 Å². The van der Waals surface area contributed by atoms with Gasteiger partial charge in [-0.15, -0.1) is 0 Å². The van der Waals surface area contributed by atoms with Crippen LogP contribution >= 0.6 is 0 Å². The van der Waals surface area contributed by atoms with Crippen molar-refractivity contribution < 1.29 is 8.78 Å². The highest BCUT2D eigenvalue weighted by molar-refractivity contribution is 5.66. The van der Waals surface area contributed by atoms with Crippen LogP contribution in [0.1, 0.15) is 11.1 Å². The van der Waals surface area contributed by atoms with Crippen LogP contribution in [0.3, 0.4) is 0 Å². The summed E-state index contributed by atoms with van der Waals surface area (Å²) >= 11 is 0. The van der Waals surface area contributed by atoms with Crippen molar-refractivity contribution in [2.75, 3.05) is 0 Å². The number of fused-ring (bicyclic) bond motifs is 1. The first-order chi connectivity index (χ1) is 15.1. The Labute approximate surface area is 179 Å². The Bertz CT molecular complexity index is 1320. The zero-order chi connectivity index (χ0) is 21.4. The molecule has 0 aromatic heterocycles. The number of aryl methyl sites for hydroxylation is 1. The van der Waals surface area contributed by atoms with Crippen LogP contribution < -0.4 is 0 Å². The Balaban J connectivity index is 1.39. The number of rotatable bonds is 4. The average Bonchev–Trinajstić information content (AvgIpc) is 3.20. The average molecular weight is 411 g/mol. The molecule has 0 radical (unpaired) electrons. The molecule has 0 atom stereocenters. The lowest BCUT2D eigenvalue weighted by atomic mass is 10.0. The summed E-state index contributed by atoms with van der Waals surface area (Å²) in [7, 11) is 0. The molecule has 0 unspecified atom stereocenters. The minimum absolute atomic E-state index is 0.0643. The maximum atomic E-state index is 14.1. The summed E-state index contributed by atoms with van der Waals surface area (Å²) < 4.78 is 29.6. The monoisotopic (exact) mass is 411 g/mol. The number of benzene rings is 3. The molecule has 0 saturated heterocycles. The summed E-state index contributed by atoms with van der Waals surface area (Å²) in [5.74, 6) is -1.65. The standard InChI is InChI=1S/C26H19F2N3/c1-17-5-9-19(10-6-17)20-11-7-18(8-12-20)15-31-14-13-23-24(16-31)30-26(29-23)21-3-2-4-22(27)25(21)28/h2-14,16H,15H2,1H3. The molecule has 2 aliphatic rings. The minimum Gasteiger partial charge on any atom is -0.348 e. The molecule has 3 aromatic carbocycles.